The highest BCUT2D eigenvalue weighted by atomic mass is 15.3. The Balaban J connectivity index is 3.14. The fourth-order valence-electron chi connectivity index (χ4n) is 1.12. The number of hydrogen-bond donors (Lipinski definition) is 3. The van der Waals surface area contributed by atoms with Gasteiger partial charge in [-0.2, -0.15) is 5.10 Å². The molecule has 1 aromatic heterocycles. The van der Waals surface area contributed by atoms with E-state index in [-0.39, 0.29) is 0 Å². The summed E-state index contributed by atoms with van der Waals surface area (Å²) in [6.45, 7) is 0. The third kappa shape index (κ3) is 1.69. The van der Waals surface area contributed by atoms with E-state index in [1.807, 2.05) is 7.05 Å². The van der Waals surface area contributed by atoms with Crippen molar-refractivity contribution in [2.24, 2.45) is 12.8 Å². The van der Waals surface area contributed by atoms with E-state index in [4.69, 9.17) is 11.1 Å². The van der Waals surface area contributed by atoms with Crippen LogP contribution in [-0.2, 0) is 7.05 Å². The molecule has 13 heavy (non-hydrogen) atoms. The van der Waals surface area contributed by atoms with E-state index in [1.54, 1.807) is 17.9 Å². The second-order valence-electron chi connectivity index (χ2n) is 2.57. The first-order valence-corrected chi connectivity index (χ1v) is 3.87. The van der Waals surface area contributed by atoms with Crippen LogP contribution < -0.4 is 11.1 Å². The van der Waals surface area contributed by atoms with E-state index in [0.717, 1.165) is 17.6 Å². The van der Waals surface area contributed by atoms with Crippen molar-refractivity contribution >= 4 is 17.7 Å². The van der Waals surface area contributed by atoms with Crippen molar-refractivity contribution in [2.45, 2.75) is 0 Å². The van der Waals surface area contributed by atoms with Crippen LogP contribution in [-0.4, -0.2) is 23.0 Å². The lowest BCUT2D eigenvalue weighted by atomic mass is 10.2. The largest absolute Gasteiger partial charge is 0.398 e. The van der Waals surface area contributed by atoms with Gasteiger partial charge in [0, 0.05) is 26.0 Å². The molecule has 5 nitrogen and oxygen atoms in total. The van der Waals surface area contributed by atoms with Crippen LogP contribution in [0.1, 0.15) is 5.56 Å². The zero-order chi connectivity index (χ0) is 9.84. The summed E-state index contributed by atoms with van der Waals surface area (Å²) in [6, 6.07) is 0. The molecule has 0 saturated heterocycles. The Bertz CT molecular complexity index is 336. The van der Waals surface area contributed by atoms with Crippen LogP contribution in [0.3, 0.4) is 0 Å². The SMILES string of the molecule is CNc1c(C(N)=CC=N)cnn1C. The van der Waals surface area contributed by atoms with E-state index in [1.165, 1.54) is 6.08 Å². The Morgan fingerprint density at radius 3 is 3.00 bits per heavy atom. The smallest absolute Gasteiger partial charge is 0.133 e. The monoisotopic (exact) mass is 179 g/mol. The first kappa shape index (κ1) is 9.31. The molecule has 0 fully saturated rings. The van der Waals surface area contributed by atoms with Crippen LogP contribution in [0.2, 0.25) is 0 Å². The molecule has 5 heteroatoms. The van der Waals surface area contributed by atoms with Crippen LogP contribution in [0.5, 0.6) is 0 Å². The number of rotatable bonds is 3. The highest BCUT2D eigenvalue weighted by molar-refractivity contribution is 5.84. The summed E-state index contributed by atoms with van der Waals surface area (Å²) < 4.78 is 1.69. The maximum Gasteiger partial charge on any atom is 0.133 e. The van der Waals surface area contributed by atoms with E-state index < -0.39 is 0 Å². The van der Waals surface area contributed by atoms with Crippen molar-refractivity contribution in [3.63, 3.8) is 0 Å². The number of allylic oxidation sites excluding steroid dienone is 1. The predicted molar refractivity (Wildman–Crippen MR) is 53.7 cm³/mol. The molecule has 0 amide bonds. The van der Waals surface area contributed by atoms with Crippen molar-refractivity contribution in [1.82, 2.24) is 9.78 Å². The van der Waals surface area contributed by atoms with Crippen LogP contribution in [0, 0.1) is 5.41 Å². The number of anilines is 1. The lowest BCUT2D eigenvalue weighted by molar-refractivity contribution is 0.774. The zero-order valence-corrected chi connectivity index (χ0v) is 7.70. The summed E-state index contributed by atoms with van der Waals surface area (Å²) in [7, 11) is 3.63. The van der Waals surface area contributed by atoms with Crippen LogP contribution >= 0.6 is 0 Å². The van der Waals surface area contributed by atoms with E-state index in [9.17, 15) is 0 Å². The molecule has 70 valence electrons. The normalized spacial score (nSPS) is 11.4. The second-order valence-corrected chi connectivity index (χ2v) is 2.57. The third-order valence-electron chi connectivity index (χ3n) is 1.75. The third-order valence-corrected chi connectivity index (χ3v) is 1.75. The number of hydrogen-bond acceptors (Lipinski definition) is 4. The van der Waals surface area contributed by atoms with Gasteiger partial charge in [0.25, 0.3) is 0 Å². The molecule has 0 aromatic carbocycles. The van der Waals surface area contributed by atoms with E-state index >= 15 is 0 Å². The first-order chi connectivity index (χ1) is 6.20. The van der Waals surface area contributed by atoms with Crippen molar-refractivity contribution < 1.29 is 0 Å². The Hall–Kier alpha value is -1.78. The first-order valence-electron chi connectivity index (χ1n) is 3.87. The molecule has 4 N–H and O–H groups in total. The minimum Gasteiger partial charge on any atom is -0.398 e. The minimum atomic E-state index is 0.535. The molecule has 0 spiro atoms. The average molecular weight is 179 g/mol. The summed E-state index contributed by atoms with van der Waals surface area (Å²) in [6.07, 6.45) is 4.35. The fraction of sp³-hybridized carbons (Fsp3) is 0.250. The molecule has 1 rings (SSSR count). The Kier molecular flexibility index (Phi) is 2.69. The van der Waals surface area contributed by atoms with Gasteiger partial charge < -0.3 is 16.5 Å². The molecule has 0 aliphatic heterocycles. The number of aromatic nitrogens is 2. The van der Waals surface area contributed by atoms with Gasteiger partial charge in [-0.25, -0.2) is 0 Å². The summed E-state index contributed by atoms with van der Waals surface area (Å²) in [5.41, 5.74) is 7.06. The summed E-state index contributed by atoms with van der Waals surface area (Å²) in [5, 5.41) is 13.9. The quantitative estimate of drug-likeness (QED) is 0.588. The standard InChI is InChI=1S/C8H13N5/c1-11-8-6(5-12-13(8)2)7(10)3-4-9/h3-5,9,11H,10H2,1-2H3. The number of nitrogens with zero attached hydrogens (tertiary/aromatic N) is 2. The molecular formula is C8H13N5. The van der Waals surface area contributed by atoms with Crippen LogP contribution in [0.25, 0.3) is 5.70 Å². The molecular weight excluding hydrogens is 166 g/mol. The average Bonchev–Trinajstić information content (AvgIpc) is 2.47. The molecule has 0 saturated carbocycles. The highest BCUT2D eigenvalue weighted by Gasteiger charge is 2.07. The highest BCUT2D eigenvalue weighted by Crippen LogP contribution is 2.18. The van der Waals surface area contributed by atoms with Crippen molar-refractivity contribution in [3.8, 4) is 0 Å². The second kappa shape index (κ2) is 3.75. The number of nitrogens with two attached hydrogens (primary N) is 1. The topological polar surface area (TPSA) is 79.7 Å². The molecule has 0 aliphatic rings. The maximum absolute atomic E-state index is 6.89. The summed E-state index contributed by atoms with van der Waals surface area (Å²) in [4.78, 5) is 0. The molecule has 0 radical (unpaired) electrons. The predicted octanol–water partition coefficient (Wildman–Crippen LogP) is 0.411. The lowest BCUT2D eigenvalue weighted by Crippen LogP contribution is -2.03. The van der Waals surface area contributed by atoms with Gasteiger partial charge in [0.2, 0.25) is 0 Å². The van der Waals surface area contributed by atoms with Gasteiger partial charge in [-0.05, 0) is 6.08 Å². The van der Waals surface area contributed by atoms with Crippen molar-refractivity contribution in [2.75, 3.05) is 12.4 Å². The molecule has 1 heterocycles. The van der Waals surface area contributed by atoms with Crippen LogP contribution in [0.15, 0.2) is 12.3 Å². The molecule has 0 aliphatic carbocycles. The Morgan fingerprint density at radius 2 is 2.46 bits per heavy atom. The lowest BCUT2D eigenvalue weighted by Gasteiger charge is -2.03. The fourth-order valence-corrected chi connectivity index (χ4v) is 1.12. The van der Waals surface area contributed by atoms with Gasteiger partial charge >= 0.3 is 0 Å². The van der Waals surface area contributed by atoms with Gasteiger partial charge in [-0.1, -0.05) is 0 Å². The van der Waals surface area contributed by atoms with Crippen molar-refractivity contribution in [3.05, 3.63) is 17.8 Å². The van der Waals surface area contributed by atoms with E-state index in [2.05, 4.69) is 10.4 Å². The number of nitrogens with one attached hydrogen (secondary N) is 2. The minimum absolute atomic E-state index is 0.535. The summed E-state index contributed by atoms with van der Waals surface area (Å²) >= 11 is 0. The van der Waals surface area contributed by atoms with Gasteiger partial charge in [0.15, 0.2) is 0 Å². The van der Waals surface area contributed by atoms with Gasteiger partial charge in [0.05, 0.1) is 11.8 Å². The summed E-state index contributed by atoms with van der Waals surface area (Å²) in [5.74, 6) is 0.843. The van der Waals surface area contributed by atoms with E-state index in [0.29, 0.717) is 5.70 Å². The number of aryl methyl sites for hydroxylation is 1. The Morgan fingerprint density at radius 1 is 1.77 bits per heavy atom. The maximum atomic E-state index is 6.89. The molecule has 0 bridgehead atoms. The van der Waals surface area contributed by atoms with Gasteiger partial charge in [-0.15, -0.1) is 0 Å². The molecule has 1 aromatic rings. The van der Waals surface area contributed by atoms with Crippen molar-refractivity contribution in [1.29, 1.82) is 5.41 Å². The van der Waals surface area contributed by atoms with Crippen LogP contribution in [0.4, 0.5) is 5.82 Å². The molecule has 0 unspecified atom stereocenters. The molecule has 0 atom stereocenters. The zero-order valence-electron chi connectivity index (χ0n) is 7.70. The van der Waals surface area contributed by atoms with Gasteiger partial charge in [0.1, 0.15) is 5.82 Å². The Labute approximate surface area is 76.7 Å². The van der Waals surface area contributed by atoms with Gasteiger partial charge in [-0.3, -0.25) is 4.68 Å².